The van der Waals surface area contributed by atoms with Crippen LogP contribution in [0.3, 0.4) is 0 Å². The lowest BCUT2D eigenvalue weighted by atomic mass is 9.85. The van der Waals surface area contributed by atoms with E-state index < -0.39 is 11.9 Å². The lowest BCUT2D eigenvalue weighted by Gasteiger charge is -2.18. The first kappa shape index (κ1) is 18.3. The van der Waals surface area contributed by atoms with E-state index >= 15 is 0 Å². The molecule has 0 aliphatic rings. The van der Waals surface area contributed by atoms with Crippen LogP contribution in [0.5, 0.6) is 11.5 Å². The predicted octanol–water partition coefficient (Wildman–Crippen LogP) is 1.45. The molecule has 0 fully saturated rings. The molecule has 0 amide bonds. The molecule has 0 radical (unpaired) electrons. The van der Waals surface area contributed by atoms with Crippen molar-refractivity contribution in [2.24, 2.45) is 0 Å². The van der Waals surface area contributed by atoms with Crippen molar-refractivity contribution in [1.82, 2.24) is 20.4 Å². The third-order valence-electron chi connectivity index (χ3n) is 4.38. The number of methoxy groups -OCH3 is 1. The van der Waals surface area contributed by atoms with Crippen molar-refractivity contribution in [3.05, 3.63) is 67.0 Å². The summed E-state index contributed by atoms with van der Waals surface area (Å²) in [4.78, 5) is 36.1. The molecule has 142 valence electrons. The zero-order valence-corrected chi connectivity index (χ0v) is 15.4. The molecule has 0 unspecified atom stereocenters. The van der Waals surface area contributed by atoms with Crippen LogP contribution in [0.4, 0.5) is 0 Å². The van der Waals surface area contributed by atoms with Gasteiger partial charge in [-0.1, -0.05) is 6.07 Å². The fourth-order valence-corrected chi connectivity index (χ4v) is 3.19. The Hall–Kier alpha value is -3.49. The van der Waals surface area contributed by atoms with Gasteiger partial charge < -0.3 is 19.7 Å². The molecule has 0 aliphatic heterocycles. The van der Waals surface area contributed by atoms with Crippen LogP contribution >= 0.6 is 0 Å². The van der Waals surface area contributed by atoms with Gasteiger partial charge in [-0.25, -0.2) is 0 Å². The van der Waals surface area contributed by atoms with Crippen molar-refractivity contribution in [2.45, 2.75) is 26.7 Å². The molecular formula is C18H20N4O5. The maximum atomic E-state index is 12.4. The van der Waals surface area contributed by atoms with Crippen LogP contribution < -0.4 is 20.6 Å². The molecule has 2 aromatic heterocycles. The molecule has 9 nitrogen and oxygen atoms in total. The van der Waals surface area contributed by atoms with Crippen molar-refractivity contribution in [1.29, 1.82) is 0 Å². The Morgan fingerprint density at radius 3 is 1.89 bits per heavy atom. The molecule has 0 bridgehead atoms. The van der Waals surface area contributed by atoms with Crippen molar-refractivity contribution in [3.8, 4) is 11.5 Å². The van der Waals surface area contributed by atoms with Gasteiger partial charge in [0.05, 0.1) is 18.2 Å². The molecule has 3 rings (SSSR count). The Balaban J connectivity index is 2.25. The molecule has 0 aliphatic carbocycles. The molecule has 0 saturated heterocycles. The highest BCUT2D eigenvalue weighted by molar-refractivity contribution is 5.70. The standard InChI is InChI=1S/C18H20N4O5/c1-8-14(17(24)21-19-8)16(15-9(2)20-22-18(15)25)11-5-6-12(27-10(3)23)13(7-11)26-4/h5-7,16H,1-4H3,(H2,19,21,24)(H2,20,22,25). The van der Waals surface area contributed by atoms with Crippen molar-refractivity contribution >= 4 is 5.97 Å². The van der Waals surface area contributed by atoms with Gasteiger partial charge in [-0.15, -0.1) is 0 Å². The van der Waals surface area contributed by atoms with E-state index in [1.54, 1.807) is 32.0 Å². The van der Waals surface area contributed by atoms with Crippen LogP contribution in [-0.2, 0) is 4.79 Å². The second kappa shape index (κ2) is 7.02. The van der Waals surface area contributed by atoms with E-state index in [1.165, 1.54) is 14.0 Å². The molecule has 0 spiro atoms. The maximum absolute atomic E-state index is 12.4. The van der Waals surface area contributed by atoms with Crippen LogP contribution in [0.2, 0.25) is 0 Å². The summed E-state index contributed by atoms with van der Waals surface area (Å²) in [5.41, 5.74) is 2.09. The van der Waals surface area contributed by atoms with Crippen LogP contribution in [0, 0.1) is 13.8 Å². The highest BCUT2D eigenvalue weighted by Crippen LogP contribution is 2.36. The molecule has 0 saturated carbocycles. The smallest absolute Gasteiger partial charge is 0.308 e. The van der Waals surface area contributed by atoms with E-state index in [4.69, 9.17) is 9.47 Å². The number of esters is 1. The van der Waals surface area contributed by atoms with Crippen LogP contribution in [-0.4, -0.2) is 33.5 Å². The van der Waals surface area contributed by atoms with Crippen molar-refractivity contribution in [2.75, 3.05) is 7.11 Å². The van der Waals surface area contributed by atoms with Crippen LogP contribution in [0.25, 0.3) is 0 Å². The molecule has 0 atom stereocenters. The lowest BCUT2D eigenvalue weighted by molar-refractivity contribution is -0.132. The second-order valence-electron chi connectivity index (χ2n) is 6.17. The van der Waals surface area contributed by atoms with Gasteiger partial charge in [0, 0.05) is 24.2 Å². The normalized spacial score (nSPS) is 11.0. The Bertz CT molecular complexity index is 1050. The minimum absolute atomic E-state index is 0.256. The topological polar surface area (TPSA) is 133 Å². The SMILES string of the molecule is COc1cc(C(c2c(C)[nH][nH]c2=O)c2c(C)[nH][nH]c2=O)ccc1OC(C)=O. The first-order valence-electron chi connectivity index (χ1n) is 8.24. The summed E-state index contributed by atoms with van der Waals surface area (Å²) in [5, 5.41) is 10.7. The van der Waals surface area contributed by atoms with Crippen LogP contribution in [0.15, 0.2) is 27.8 Å². The molecular weight excluding hydrogens is 352 g/mol. The second-order valence-corrected chi connectivity index (χ2v) is 6.17. The number of hydrogen-bond donors (Lipinski definition) is 4. The predicted molar refractivity (Wildman–Crippen MR) is 97.5 cm³/mol. The molecule has 3 aromatic rings. The number of rotatable bonds is 5. The fourth-order valence-electron chi connectivity index (χ4n) is 3.19. The number of aromatic amines is 4. The number of aryl methyl sites for hydroxylation is 2. The van der Waals surface area contributed by atoms with E-state index in [2.05, 4.69) is 20.4 Å². The van der Waals surface area contributed by atoms with Crippen molar-refractivity contribution in [3.63, 3.8) is 0 Å². The number of carbonyl (C=O) groups excluding carboxylic acids is 1. The average molecular weight is 372 g/mol. The number of carbonyl (C=O) groups is 1. The van der Waals surface area contributed by atoms with Crippen molar-refractivity contribution < 1.29 is 14.3 Å². The summed E-state index contributed by atoms with van der Waals surface area (Å²) >= 11 is 0. The Kier molecular flexibility index (Phi) is 4.76. The number of ether oxygens (including phenoxy) is 2. The number of H-pyrrole nitrogens is 4. The van der Waals surface area contributed by atoms with Gasteiger partial charge in [0.2, 0.25) is 0 Å². The van der Waals surface area contributed by atoms with Crippen LogP contribution in [0.1, 0.15) is 40.9 Å². The third-order valence-corrected chi connectivity index (χ3v) is 4.38. The average Bonchev–Trinajstić information content (AvgIpc) is 3.12. The lowest BCUT2D eigenvalue weighted by Crippen LogP contribution is -2.20. The summed E-state index contributed by atoms with van der Waals surface area (Å²) in [5.74, 6) is -0.544. The summed E-state index contributed by atoms with van der Waals surface area (Å²) in [6.07, 6.45) is 0. The summed E-state index contributed by atoms with van der Waals surface area (Å²) in [6.45, 7) is 4.79. The van der Waals surface area contributed by atoms with Gasteiger partial charge in [-0.3, -0.25) is 24.6 Å². The van der Waals surface area contributed by atoms with Gasteiger partial charge in [0.15, 0.2) is 11.5 Å². The molecule has 9 heteroatoms. The summed E-state index contributed by atoms with van der Waals surface area (Å²) in [7, 11) is 1.45. The maximum Gasteiger partial charge on any atom is 0.308 e. The molecule has 2 heterocycles. The number of hydrogen-bond acceptors (Lipinski definition) is 5. The first-order valence-corrected chi connectivity index (χ1v) is 8.24. The van der Waals surface area contributed by atoms with E-state index in [1.807, 2.05) is 0 Å². The summed E-state index contributed by atoms with van der Waals surface area (Å²) in [6, 6.07) is 4.93. The zero-order valence-electron chi connectivity index (χ0n) is 15.4. The van der Waals surface area contributed by atoms with Gasteiger partial charge >= 0.3 is 5.97 Å². The fraction of sp³-hybridized carbons (Fsp3) is 0.278. The van der Waals surface area contributed by atoms with Gasteiger partial charge in [0.1, 0.15) is 0 Å². The van der Waals surface area contributed by atoms with E-state index in [9.17, 15) is 14.4 Å². The summed E-state index contributed by atoms with van der Waals surface area (Å²) < 4.78 is 10.5. The number of benzene rings is 1. The first-order chi connectivity index (χ1) is 12.8. The zero-order chi connectivity index (χ0) is 19.7. The Labute approximate surface area is 153 Å². The van der Waals surface area contributed by atoms with E-state index in [0.29, 0.717) is 33.8 Å². The number of aromatic nitrogens is 4. The van der Waals surface area contributed by atoms with E-state index in [0.717, 1.165) is 0 Å². The highest BCUT2D eigenvalue weighted by atomic mass is 16.6. The largest absolute Gasteiger partial charge is 0.493 e. The monoisotopic (exact) mass is 372 g/mol. The van der Waals surface area contributed by atoms with E-state index in [-0.39, 0.29) is 16.9 Å². The quantitative estimate of drug-likeness (QED) is 0.397. The Morgan fingerprint density at radius 1 is 0.926 bits per heavy atom. The number of nitrogens with one attached hydrogen (secondary N) is 4. The minimum atomic E-state index is -0.643. The molecule has 4 N–H and O–H groups in total. The molecule has 27 heavy (non-hydrogen) atoms. The van der Waals surface area contributed by atoms with Gasteiger partial charge in [0.25, 0.3) is 11.1 Å². The molecule has 1 aromatic carbocycles. The van der Waals surface area contributed by atoms with Gasteiger partial charge in [-0.05, 0) is 31.5 Å². The third kappa shape index (κ3) is 3.31. The van der Waals surface area contributed by atoms with Gasteiger partial charge in [-0.2, -0.15) is 0 Å². The minimum Gasteiger partial charge on any atom is -0.493 e. The highest BCUT2D eigenvalue weighted by Gasteiger charge is 2.28. The Morgan fingerprint density at radius 2 is 1.48 bits per heavy atom.